The van der Waals surface area contributed by atoms with Crippen LogP contribution in [0, 0.1) is 0 Å². The van der Waals surface area contributed by atoms with Gasteiger partial charge in [-0.3, -0.25) is 4.79 Å². The molecule has 1 aromatic rings. The average molecular weight is 287 g/mol. The minimum absolute atomic E-state index is 0. The summed E-state index contributed by atoms with van der Waals surface area (Å²) >= 11 is 0. The normalized spacial score (nSPS) is 14.5. The van der Waals surface area contributed by atoms with Crippen LogP contribution in [0.25, 0.3) is 0 Å². The molecule has 1 aliphatic rings. The molecule has 0 unspecified atom stereocenters. The van der Waals surface area contributed by atoms with Crippen molar-refractivity contribution in [1.29, 1.82) is 0 Å². The number of carbonyl (C=O) groups excluding carboxylic acids is 1. The molecule has 1 heterocycles. The van der Waals surface area contributed by atoms with Crippen molar-refractivity contribution in [3.63, 3.8) is 0 Å². The van der Waals surface area contributed by atoms with Crippen LogP contribution in [0.15, 0.2) is 18.2 Å². The lowest BCUT2D eigenvalue weighted by Gasteiger charge is -2.27. The number of amides is 1. The zero-order chi connectivity index (χ0) is 13.0. The van der Waals surface area contributed by atoms with Crippen molar-refractivity contribution in [2.75, 3.05) is 40.4 Å². The van der Waals surface area contributed by atoms with Gasteiger partial charge in [0.25, 0.3) is 5.91 Å². The van der Waals surface area contributed by atoms with E-state index in [-0.39, 0.29) is 18.3 Å². The van der Waals surface area contributed by atoms with E-state index >= 15 is 0 Å². The number of nitrogens with zero attached hydrogens (tertiary/aromatic N) is 1. The third kappa shape index (κ3) is 3.75. The number of nitrogens with one attached hydrogen (secondary N) is 1. The Morgan fingerprint density at radius 3 is 2.11 bits per heavy atom. The van der Waals surface area contributed by atoms with E-state index in [0.717, 1.165) is 26.2 Å². The van der Waals surface area contributed by atoms with Crippen molar-refractivity contribution in [3.8, 4) is 11.5 Å². The third-order valence-corrected chi connectivity index (χ3v) is 3.00. The average Bonchev–Trinajstić information content (AvgIpc) is 2.46. The highest BCUT2D eigenvalue weighted by Crippen LogP contribution is 2.23. The first-order valence-corrected chi connectivity index (χ1v) is 5.97. The number of hydrogen-bond donors (Lipinski definition) is 1. The Hall–Kier alpha value is -1.46. The fourth-order valence-corrected chi connectivity index (χ4v) is 1.98. The second kappa shape index (κ2) is 7.21. The van der Waals surface area contributed by atoms with Gasteiger partial charge in [0.15, 0.2) is 0 Å². The summed E-state index contributed by atoms with van der Waals surface area (Å²) in [4.78, 5) is 14.2. The highest BCUT2D eigenvalue weighted by atomic mass is 35.5. The molecule has 5 nitrogen and oxygen atoms in total. The molecule has 6 heteroatoms. The van der Waals surface area contributed by atoms with E-state index in [0.29, 0.717) is 17.1 Å². The summed E-state index contributed by atoms with van der Waals surface area (Å²) in [6.45, 7) is 3.15. The van der Waals surface area contributed by atoms with Crippen LogP contribution < -0.4 is 14.8 Å². The van der Waals surface area contributed by atoms with Crippen LogP contribution in [0.3, 0.4) is 0 Å². The predicted molar refractivity (Wildman–Crippen MR) is 75.6 cm³/mol. The lowest BCUT2D eigenvalue weighted by molar-refractivity contribution is 0.0735. The number of ether oxygens (including phenoxy) is 2. The molecule has 0 spiro atoms. The van der Waals surface area contributed by atoms with Crippen molar-refractivity contribution in [2.45, 2.75) is 0 Å². The molecule has 0 bridgehead atoms. The summed E-state index contributed by atoms with van der Waals surface area (Å²) in [7, 11) is 3.15. The number of piperazine rings is 1. The second-order valence-electron chi connectivity index (χ2n) is 4.14. The molecule has 0 aromatic heterocycles. The first-order valence-electron chi connectivity index (χ1n) is 5.97. The molecule has 0 atom stereocenters. The van der Waals surface area contributed by atoms with Gasteiger partial charge in [0.2, 0.25) is 0 Å². The maximum Gasteiger partial charge on any atom is 0.254 e. The first kappa shape index (κ1) is 15.6. The Morgan fingerprint density at radius 1 is 1.11 bits per heavy atom. The van der Waals surface area contributed by atoms with Gasteiger partial charge in [-0.05, 0) is 12.1 Å². The van der Waals surface area contributed by atoms with Gasteiger partial charge >= 0.3 is 0 Å². The summed E-state index contributed by atoms with van der Waals surface area (Å²) in [5.41, 5.74) is 0.605. The summed E-state index contributed by atoms with van der Waals surface area (Å²) in [5, 5.41) is 3.22. The predicted octanol–water partition coefficient (Wildman–Crippen LogP) is 1.17. The topological polar surface area (TPSA) is 50.8 Å². The van der Waals surface area contributed by atoms with Gasteiger partial charge in [0.1, 0.15) is 11.5 Å². The Labute approximate surface area is 119 Å². The molecular weight excluding hydrogens is 268 g/mol. The molecule has 0 aliphatic carbocycles. The number of benzene rings is 1. The summed E-state index contributed by atoms with van der Waals surface area (Å²) in [6, 6.07) is 5.24. The minimum atomic E-state index is 0. The Balaban J connectivity index is 0.00000180. The number of rotatable bonds is 3. The molecule has 19 heavy (non-hydrogen) atoms. The van der Waals surface area contributed by atoms with Crippen LogP contribution in [0.5, 0.6) is 11.5 Å². The molecule has 2 rings (SSSR count). The Kier molecular flexibility index (Phi) is 5.92. The fraction of sp³-hybridized carbons (Fsp3) is 0.462. The van der Waals surface area contributed by atoms with E-state index in [1.165, 1.54) is 0 Å². The van der Waals surface area contributed by atoms with Crippen molar-refractivity contribution in [2.24, 2.45) is 0 Å². The van der Waals surface area contributed by atoms with Gasteiger partial charge in [0, 0.05) is 37.8 Å². The highest BCUT2D eigenvalue weighted by Gasteiger charge is 2.19. The molecule has 106 valence electrons. The van der Waals surface area contributed by atoms with Crippen molar-refractivity contribution >= 4 is 18.3 Å². The number of methoxy groups -OCH3 is 2. The standard InChI is InChI=1S/C13H18N2O3.ClH/c1-17-11-7-10(8-12(9-11)18-2)13(16)15-5-3-14-4-6-15;/h7-9,14H,3-6H2,1-2H3;1H. The van der Waals surface area contributed by atoms with E-state index in [1.807, 2.05) is 4.90 Å². The van der Waals surface area contributed by atoms with E-state index in [2.05, 4.69) is 5.32 Å². The molecule has 1 saturated heterocycles. The zero-order valence-electron chi connectivity index (χ0n) is 11.1. The maximum atomic E-state index is 12.3. The molecule has 1 amide bonds. The molecule has 1 aliphatic heterocycles. The van der Waals surface area contributed by atoms with E-state index in [4.69, 9.17) is 9.47 Å². The molecular formula is C13H19ClN2O3. The number of halogens is 1. The van der Waals surface area contributed by atoms with Crippen LogP contribution in [0.1, 0.15) is 10.4 Å². The van der Waals surface area contributed by atoms with E-state index in [9.17, 15) is 4.79 Å². The highest BCUT2D eigenvalue weighted by molar-refractivity contribution is 5.95. The lowest BCUT2D eigenvalue weighted by Crippen LogP contribution is -2.46. The maximum absolute atomic E-state index is 12.3. The summed E-state index contributed by atoms with van der Waals surface area (Å²) in [6.07, 6.45) is 0. The number of hydrogen-bond acceptors (Lipinski definition) is 4. The lowest BCUT2D eigenvalue weighted by atomic mass is 10.1. The molecule has 1 fully saturated rings. The molecule has 1 aromatic carbocycles. The zero-order valence-corrected chi connectivity index (χ0v) is 12.0. The smallest absolute Gasteiger partial charge is 0.254 e. The summed E-state index contributed by atoms with van der Waals surface area (Å²) < 4.78 is 10.3. The first-order chi connectivity index (χ1) is 8.74. The quantitative estimate of drug-likeness (QED) is 0.906. The van der Waals surface area contributed by atoms with Gasteiger partial charge in [0.05, 0.1) is 14.2 Å². The van der Waals surface area contributed by atoms with Crippen LogP contribution in [0.4, 0.5) is 0 Å². The van der Waals surface area contributed by atoms with Crippen LogP contribution in [-0.4, -0.2) is 51.2 Å². The van der Waals surface area contributed by atoms with Gasteiger partial charge in [-0.2, -0.15) is 0 Å². The fourth-order valence-electron chi connectivity index (χ4n) is 1.98. The van der Waals surface area contributed by atoms with Gasteiger partial charge in [-0.15, -0.1) is 12.4 Å². The van der Waals surface area contributed by atoms with Crippen molar-refractivity contribution in [3.05, 3.63) is 23.8 Å². The molecule has 1 N–H and O–H groups in total. The van der Waals surface area contributed by atoms with E-state index < -0.39 is 0 Å². The Bertz CT molecular complexity index is 412. The van der Waals surface area contributed by atoms with E-state index in [1.54, 1.807) is 32.4 Å². The largest absolute Gasteiger partial charge is 0.497 e. The van der Waals surface area contributed by atoms with Crippen molar-refractivity contribution in [1.82, 2.24) is 10.2 Å². The minimum Gasteiger partial charge on any atom is -0.497 e. The second-order valence-corrected chi connectivity index (χ2v) is 4.14. The van der Waals surface area contributed by atoms with Gasteiger partial charge in [-0.1, -0.05) is 0 Å². The van der Waals surface area contributed by atoms with Gasteiger partial charge in [-0.25, -0.2) is 0 Å². The van der Waals surface area contributed by atoms with Crippen LogP contribution in [0.2, 0.25) is 0 Å². The number of carbonyl (C=O) groups is 1. The third-order valence-electron chi connectivity index (χ3n) is 3.00. The SMILES string of the molecule is COc1cc(OC)cc(C(=O)N2CCNCC2)c1.Cl. The van der Waals surface area contributed by atoms with Crippen molar-refractivity contribution < 1.29 is 14.3 Å². The van der Waals surface area contributed by atoms with Crippen LogP contribution in [-0.2, 0) is 0 Å². The van der Waals surface area contributed by atoms with Crippen LogP contribution >= 0.6 is 12.4 Å². The Morgan fingerprint density at radius 2 is 1.63 bits per heavy atom. The molecule has 0 radical (unpaired) electrons. The summed E-state index contributed by atoms with van der Waals surface area (Å²) in [5.74, 6) is 1.29. The monoisotopic (exact) mass is 286 g/mol. The molecule has 0 saturated carbocycles. The van der Waals surface area contributed by atoms with Gasteiger partial charge < -0.3 is 19.7 Å².